The monoisotopic (exact) mass is 424 g/mol. The van der Waals surface area contributed by atoms with Gasteiger partial charge in [-0.15, -0.1) is 0 Å². The number of benzene rings is 3. The summed E-state index contributed by atoms with van der Waals surface area (Å²) in [5, 5.41) is 12.9. The maximum absolute atomic E-state index is 12.3. The third-order valence-electron chi connectivity index (χ3n) is 3.81. The quantitative estimate of drug-likeness (QED) is 0.555. The molecule has 5 nitrogen and oxygen atoms in total. The lowest BCUT2D eigenvalue weighted by Crippen LogP contribution is -2.11. The summed E-state index contributed by atoms with van der Waals surface area (Å²) in [6.45, 7) is 0. The highest BCUT2D eigenvalue weighted by Crippen LogP contribution is 2.28. The van der Waals surface area contributed by atoms with Gasteiger partial charge in [-0.25, -0.2) is 0 Å². The molecular weight excluding hydrogens is 408 g/mol. The van der Waals surface area contributed by atoms with Gasteiger partial charge in [0.2, 0.25) is 0 Å². The number of phenols is 1. The van der Waals surface area contributed by atoms with Crippen LogP contribution in [0.2, 0.25) is 0 Å². The van der Waals surface area contributed by atoms with Crippen molar-refractivity contribution in [2.45, 2.75) is 0 Å². The molecule has 136 valence electrons. The number of halogens is 1. The predicted molar refractivity (Wildman–Crippen MR) is 110 cm³/mol. The molecule has 0 spiro atoms. The number of para-hydroxylation sites is 1. The number of hydrogen-bond acceptors (Lipinski definition) is 4. The Kier molecular flexibility index (Phi) is 5.88. The van der Waals surface area contributed by atoms with Crippen LogP contribution >= 0.6 is 15.9 Å². The lowest BCUT2D eigenvalue weighted by Gasteiger charge is -2.06. The van der Waals surface area contributed by atoms with Crippen LogP contribution in [0, 0.1) is 0 Å². The van der Waals surface area contributed by atoms with E-state index in [0.29, 0.717) is 28.3 Å². The van der Waals surface area contributed by atoms with Gasteiger partial charge in [0.1, 0.15) is 0 Å². The molecule has 0 saturated carbocycles. The van der Waals surface area contributed by atoms with Crippen LogP contribution in [0.25, 0.3) is 0 Å². The molecule has 3 rings (SSSR count). The Morgan fingerprint density at radius 1 is 1.11 bits per heavy atom. The molecule has 3 aromatic carbocycles. The average Bonchev–Trinajstić information content (AvgIpc) is 2.68. The first-order valence-electron chi connectivity index (χ1n) is 8.14. The van der Waals surface area contributed by atoms with Crippen molar-refractivity contribution in [1.82, 2.24) is 0 Å². The third-order valence-corrected chi connectivity index (χ3v) is 4.31. The summed E-state index contributed by atoms with van der Waals surface area (Å²) < 4.78 is 5.93. The summed E-state index contributed by atoms with van der Waals surface area (Å²) in [5.74, 6) is 0.250. The van der Waals surface area contributed by atoms with E-state index in [1.807, 2.05) is 12.1 Å². The number of anilines is 1. The Hall–Kier alpha value is -3.12. The number of rotatable bonds is 5. The van der Waals surface area contributed by atoms with Crippen molar-refractivity contribution in [3.05, 3.63) is 82.3 Å². The summed E-state index contributed by atoms with van der Waals surface area (Å²) in [4.78, 5) is 16.6. The predicted octanol–water partition coefficient (Wildman–Crippen LogP) is 5.17. The molecule has 0 aliphatic carbocycles. The zero-order chi connectivity index (χ0) is 19.2. The van der Waals surface area contributed by atoms with Gasteiger partial charge in [-0.05, 0) is 54.6 Å². The van der Waals surface area contributed by atoms with E-state index < -0.39 is 0 Å². The zero-order valence-electron chi connectivity index (χ0n) is 14.5. The molecule has 27 heavy (non-hydrogen) atoms. The van der Waals surface area contributed by atoms with Gasteiger partial charge in [0, 0.05) is 27.5 Å². The van der Waals surface area contributed by atoms with Crippen LogP contribution in [-0.2, 0) is 0 Å². The van der Waals surface area contributed by atoms with E-state index in [2.05, 4.69) is 26.2 Å². The van der Waals surface area contributed by atoms with Crippen LogP contribution in [0.4, 0.5) is 11.4 Å². The second-order valence-corrected chi connectivity index (χ2v) is 6.58. The summed E-state index contributed by atoms with van der Waals surface area (Å²) in [5.41, 5.74) is 2.49. The Labute approximate surface area is 165 Å². The van der Waals surface area contributed by atoms with Crippen molar-refractivity contribution in [3.8, 4) is 11.5 Å². The molecule has 2 N–H and O–H groups in total. The number of amides is 1. The Bertz CT molecular complexity index is 985. The van der Waals surface area contributed by atoms with E-state index in [1.54, 1.807) is 60.8 Å². The normalized spacial score (nSPS) is 10.7. The molecule has 0 saturated heterocycles. The number of aliphatic imine (C=N–C) groups is 1. The van der Waals surface area contributed by atoms with E-state index in [1.165, 1.54) is 7.11 Å². The number of nitrogens with zero attached hydrogens (tertiary/aromatic N) is 1. The number of methoxy groups -OCH3 is 1. The van der Waals surface area contributed by atoms with Gasteiger partial charge in [-0.1, -0.05) is 28.1 Å². The maximum atomic E-state index is 12.3. The molecule has 0 fully saturated rings. The highest BCUT2D eigenvalue weighted by Gasteiger charge is 2.07. The lowest BCUT2D eigenvalue weighted by molar-refractivity contribution is 0.102. The molecule has 0 atom stereocenters. The molecule has 0 unspecified atom stereocenters. The van der Waals surface area contributed by atoms with E-state index in [4.69, 9.17) is 4.74 Å². The summed E-state index contributed by atoms with van der Waals surface area (Å²) in [7, 11) is 1.50. The topological polar surface area (TPSA) is 70.9 Å². The maximum Gasteiger partial charge on any atom is 0.255 e. The van der Waals surface area contributed by atoms with Crippen molar-refractivity contribution in [2.75, 3.05) is 12.4 Å². The molecule has 0 aliphatic heterocycles. The van der Waals surface area contributed by atoms with Crippen molar-refractivity contribution in [1.29, 1.82) is 0 Å². The molecule has 0 heterocycles. The second-order valence-electron chi connectivity index (χ2n) is 5.67. The van der Waals surface area contributed by atoms with Gasteiger partial charge < -0.3 is 15.2 Å². The van der Waals surface area contributed by atoms with Crippen LogP contribution in [0.3, 0.4) is 0 Å². The number of carbonyl (C=O) groups excluding carboxylic acids is 1. The first-order chi connectivity index (χ1) is 13.1. The van der Waals surface area contributed by atoms with E-state index in [9.17, 15) is 9.90 Å². The van der Waals surface area contributed by atoms with E-state index >= 15 is 0 Å². The fraction of sp³-hybridized carbons (Fsp3) is 0.0476. The molecular formula is C21H17BrN2O3. The van der Waals surface area contributed by atoms with Gasteiger partial charge in [-0.2, -0.15) is 0 Å². The van der Waals surface area contributed by atoms with E-state index in [0.717, 1.165) is 4.47 Å². The molecule has 3 aromatic rings. The summed E-state index contributed by atoms with van der Waals surface area (Å²) in [6, 6.07) is 19.5. The van der Waals surface area contributed by atoms with Crippen molar-refractivity contribution in [3.63, 3.8) is 0 Å². The first kappa shape index (κ1) is 18.7. The van der Waals surface area contributed by atoms with Crippen LogP contribution in [0.1, 0.15) is 15.9 Å². The number of aromatic hydroxyl groups is 1. The number of phenolic OH excluding ortho intramolecular Hbond substituents is 1. The third kappa shape index (κ3) is 4.74. The second kappa shape index (κ2) is 8.51. The molecule has 0 aliphatic rings. The SMILES string of the molecule is COc1cccc(C=Nc2ccc(NC(=O)c3cccc(Br)c3)cc2)c1O. The van der Waals surface area contributed by atoms with Gasteiger partial charge >= 0.3 is 0 Å². The molecule has 0 aromatic heterocycles. The average molecular weight is 425 g/mol. The number of nitrogens with one attached hydrogen (secondary N) is 1. The Balaban J connectivity index is 1.69. The van der Waals surface area contributed by atoms with Crippen LogP contribution in [0.5, 0.6) is 11.5 Å². The minimum Gasteiger partial charge on any atom is -0.504 e. The molecule has 0 bridgehead atoms. The largest absolute Gasteiger partial charge is 0.504 e. The minimum absolute atomic E-state index is 0.0432. The number of hydrogen-bond donors (Lipinski definition) is 2. The molecule has 1 amide bonds. The van der Waals surface area contributed by atoms with Crippen molar-refractivity contribution < 1.29 is 14.6 Å². The molecule has 6 heteroatoms. The van der Waals surface area contributed by atoms with Crippen LogP contribution in [-0.4, -0.2) is 24.3 Å². The van der Waals surface area contributed by atoms with E-state index in [-0.39, 0.29) is 11.7 Å². The lowest BCUT2D eigenvalue weighted by atomic mass is 10.2. The number of ether oxygens (including phenoxy) is 1. The minimum atomic E-state index is -0.186. The van der Waals surface area contributed by atoms with Gasteiger partial charge in [0.15, 0.2) is 11.5 Å². The van der Waals surface area contributed by atoms with Gasteiger partial charge in [0.25, 0.3) is 5.91 Å². The summed E-state index contributed by atoms with van der Waals surface area (Å²) in [6.07, 6.45) is 1.56. The van der Waals surface area contributed by atoms with Crippen LogP contribution < -0.4 is 10.1 Å². The standard InChI is InChI=1S/C21H17BrN2O3/c1-27-19-7-3-5-15(20(19)25)13-23-17-8-10-18(11-9-17)24-21(26)14-4-2-6-16(22)12-14/h2-13,25H,1H3,(H,24,26). The van der Waals surface area contributed by atoms with Gasteiger partial charge in [-0.3, -0.25) is 9.79 Å². The first-order valence-corrected chi connectivity index (χ1v) is 8.93. The van der Waals surface area contributed by atoms with Crippen molar-refractivity contribution in [2.24, 2.45) is 4.99 Å². The van der Waals surface area contributed by atoms with Crippen LogP contribution in [0.15, 0.2) is 76.2 Å². The molecule has 0 radical (unpaired) electrons. The van der Waals surface area contributed by atoms with Crippen molar-refractivity contribution >= 4 is 39.4 Å². The Morgan fingerprint density at radius 2 is 1.85 bits per heavy atom. The Morgan fingerprint density at radius 3 is 2.56 bits per heavy atom. The zero-order valence-corrected chi connectivity index (χ0v) is 16.1. The summed E-state index contributed by atoms with van der Waals surface area (Å²) >= 11 is 3.35. The van der Waals surface area contributed by atoms with Gasteiger partial charge in [0.05, 0.1) is 12.8 Å². The fourth-order valence-corrected chi connectivity index (χ4v) is 2.82. The highest BCUT2D eigenvalue weighted by molar-refractivity contribution is 9.10. The smallest absolute Gasteiger partial charge is 0.255 e. The highest BCUT2D eigenvalue weighted by atomic mass is 79.9. The number of carbonyl (C=O) groups is 1. The fourth-order valence-electron chi connectivity index (χ4n) is 2.42.